The minimum atomic E-state index is -0.498. The highest BCUT2D eigenvalue weighted by atomic mass is 16.5. The minimum Gasteiger partial charge on any atom is -0.497 e. The number of ether oxygens (including phenoxy) is 2. The summed E-state index contributed by atoms with van der Waals surface area (Å²) in [6.45, 7) is 0.718. The average molecular weight is 419 g/mol. The second-order valence-corrected chi connectivity index (χ2v) is 7.88. The number of benzene rings is 3. The lowest BCUT2D eigenvalue weighted by molar-refractivity contribution is 0.408. The van der Waals surface area contributed by atoms with Crippen molar-refractivity contribution in [1.29, 1.82) is 0 Å². The van der Waals surface area contributed by atoms with Crippen LogP contribution in [0, 0.1) is 0 Å². The first kappa shape index (κ1) is 22.9. The Morgan fingerprint density at radius 3 is 1.61 bits per heavy atom. The van der Waals surface area contributed by atoms with Crippen molar-refractivity contribution in [3.63, 3.8) is 0 Å². The first-order valence-electron chi connectivity index (χ1n) is 11.0. The van der Waals surface area contributed by atoms with E-state index in [0.29, 0.717) is 0 Å². The Bertz CT molecular complexity index is 861. The van der Waals surface area contributed by atoms with Gasteiger partial charge in [-0.2, -0.15) is 0 Å². The van der Waals surface area contributed by atoms with Gasteiger partial charge in [0.25, 0.3) is 0 Å². The van der Waals surface area contributed by atoms with Crippen molar-refractivity contribution in [3.8, 4) is 11.5 Å². The molecular weight excluding hydrogens is 384 g/mol. The molecule has 0 bridgehead atoms. The van der Waals surface area contributed by atoms with Gasteiger partial charge in [0, 0.05) is 6.04 Å². The molecule has 0 saturated heterocycles. The summed E-state index contributed by atoms with van der Waals surface area (Å²) < 4.78 is 10.8. The summed E-state index contributed by atoms with van der Waals surface area (Å²) in [5, 5.41) is 0. The second-order valence-electron chi connectivity index (χ2n) is 7.88. The molecule has 1 atom stereocenters. The van der Waals surface area contributed by atoms with Crippen LogP contribution in [0.3, 0.4) is 0 Å². The van der Waals surface area contributed by atoms with E-state index < -0.39 is 5.41 Å². The maximum Gasteiger partial charge on any atom is 0.118 e. The van der Waals surface area contributed by atoms with Crippen LogP contribution in [0.4, 0.5) is 0 Å². The molecule has 4 N–H and O–H groups in total. The maximum absolute atomic E-state index is 7.08. The molecule has 0 spiro atoms. The van der Waals surface area contributed by atoms with Gasteiger partial charge in [0.1, 0.15) is 11.5 Å². The summed E-state index contributed by atoms with van der Waals surface area (Å²) >= 11 is 0. The molecule has 0 fully saturated rings. The SMILES string of the molecule is COc1ccc(C(c2ccccc2)(c2ccc(OC)cc2)C(N)CCCCCN)cc1. The minimum absolute atomic E-state index is 0.116. The van der Waals surface area contributed by atoms with Crippen molar-refractivity contribution in [2.75, 3.05) is 20.8 Å². The van der Waals surface area contributed by atoms with E-state index in [9.17, 15) is 0 Å². The largest absolute Gasteiger partial charge is 0.497 e. The summed E-state index contributed by atoms with van der Waals surface area (Å²) in [4.78, 5) is 0. The van der Waals surface area contributed by atoms with Gasteiger partial charge in [-0.15, -0.1) is 0 Å². The molecule has 1 unspecified atom stereocenters. The van der Waals surface area contributed by atoms with Gasteiger partial charge in [-0.25, -0.2) is 0 Å². The third-order valence-electron chi connectivity index (χ3n) is 6.10. The Kier molecular flexibility index (Phi) is 8.10. The molecule has 4 heteroatoms. The molecule has 0 aliphatic heterocycles. The lowest BCUT2D eigenvalue weighted by Crippen LogP contribution is -2.47. The van der Waals surface area contributed by atoms with Crippen LogP contribution < -0.4 is 20.9 Å². The normalized spacial score (nSPS) is 12.4. The van der Waals surface area contributed by atoms with Crippen molar-refractivity contribution in [3.05, 3.63) is 95.6 Å². The quantitative estimate of drug-likeness (QED) is 0.344. The van der Waals surface area contributed by atoms with Crippen LogP contribution in [0.25, 0.3) is 0 Å². The van der Waals surface area contributed by atoms with E-state index in [1.54, 1.807) is 14.2 Å². The van der Waals surface area contributed by atoms with Crippen molar-refractivity contribution in [1.82, 2.24) is 0 Å². The number of methoxy groups -OCH3 is 2. The molecule has 164 valence electrons. The van der Waals surface area contributed by atoms with E-state index in [1.807, 2.05) is 30.3 Å². The standard InChI is InChI=1S/C27H34N2O2/c1-30-24-16-12-22(13-17-24)27(21-9-5-3-6-10-21,26(29)11-7-4-8-20-28)23-14-18-25(31-2)19-15-23/h3,5-6,9-10,12-19,26H,4,7-8,11,20,28-29H2,1-2H3. The summed E-state index contributed by atoms with van der Waals surface area (Å²) in [6, 6.07) is 27.0. The molecule has 0 heterocycles. The molecular formula is C27H34N2O2. The fourth-order valence-electron chi connectivity index (χ4n) is 4.45. The lowest BCUT2D eigenvalue weighted by Gasteiger charge is -2.41. The number of nitrogens with two attached hydrogens (primary N) is 2. The van der Waals surface area contributed by atoms with E-state index in [-0.39, 0.29) is 6.04 Å². The molecule has 3 rings (SSSR count). The molecule has 0 radical (unpaired) electrons. The first-order chi connectivity index (χ1) is 15.2. The summed E-state index contributed by atoms with van der Waals surface area (Å²) in [6.07, 6.45) is 4.04. The number of hydrogen-bond acceptors (Lipinski definition) is 4. The average Bonchev–Trinajstić information content (AvgIpc) is 2.84. The van der Waals surface area contributed by atoms with E-state index in [1.165, 1.54) is 5.56 Å². The molecule has 0 aliphatic carbocycles. The summed E-state index contributed by atoms with van der Waals surface area (Å²) in [7, 11) is 3.37. The molecule has 4 nitrogen and oxygen atoms in total. The van der Waals surface area contributed by atoms with Crippen molar-refractivity contribution in [2.45, 2.75) is 37.1 Å². The highest BCUT2D eigenvalue weighted by molar-refractivity contribution is 5.54. The molecule has 0 amide bonds. The molecule has 0 saturated carbocycles. The predicted molar refractivity (Wildman–Crippen MR) is 128 cm³/mol. The molecule has 0 aliphatic rings. The van der Waals surface area contributed by atoms with Gasteiger partial charge in [-0.1, -0.05) is 67.4 Å². The zero-order valence-corrected chi connectivity index (χ0v) is 18.6. The van der Waals surface area contributed by atoms with E-state index >= 15 is 0 Å². The maximum atomic E-state index is 7.08. The Morgan fingerprint density at radius 1 is 0.677 bits per heavy atom. The molecule has 3 aromatic rings. The highest BCUT2D eigenvalue weighted by Gasteiger charge is 2.41. The monoisotopic (exact) mass is 418 g/mol. The van der Waals surface area contributed by atoms with Crippen LogP contribution in [-0.4, -0.2) is 26.8 Å². The number of unbranched alkanes of at least 4 members (excludes halogenated alkanes) is 2. The lowest BCUT2D eigenvalue weighted by atomic mass is 9.64. The third kappa shape index (κ3) is 4.92. The fraction of sp³-hybridized carbons (Fsp3) is 0.333. The Labute approximate surface area is 186 Å². The second kappa shape index (κ2) is 11.0. The zero-order valence-electron chi connectivity index (χ0n) is 18.6. The number of rotatable bonds is 11. The van der Waals surface area contributed by atoms with Gasteiger partial charge in [0.2, 0.25) is 0 Å². The van der Waals surface area contributed by atoms with Gasteiger partial charge in [-0.05, 0) is 60.3 Å². The molecule has 31 heavy (non-hydrogen) atoms. The van der Waals surface area contributed by atoms with Crippen molar-refractivity contribution < 1.29 is 9.47 Å². The summed E-state index contributed by atoms with van der Waals surface area (Å²) in [5.74, 6) is 1.66. The Morgan fingerprint density at radius 2 is 1.16 bits per heavy atom. The third-order valence-corrected chi connectivity index (χ3v) is 6.10. The van der Waals surface area contributed by atoms with E-state index in [0.717, 1.165) is 54.9 Å². The van der Waals surface area contributed by atoms with Gasteiger partial charge >= 0.3 is 0 Å². The van der Waals surface area contributed by atoms with E-state index in [2.05, 4.69) is 48.5 Å². The van der Waals surface area contributed by atoms with Crippen LogP contribution in [0.5, 0.6) is 11.5 Å². The van der Waals surface area contributed by atoms with Gasteiger partial charge < -0.3 is 20.9 Å². The van der Waals surface area contributed by atoms with Crippen LogP contribution in [0.15, 0.2) is 78.9 Å². The van der Waals surface area contributed by atoms with E-state index in [4.69, 9.17) is 20.9 Å². The van der Waals surface area contributed by atoms with Gasteiger partial charge in [0.05, 0.1) is 19.6 Å². The zero-order chi connectivity index (χ0) is 22.1. The topological polar surface area (TPSA) is 70.5 Å². The predicted octanol–water partition coefficient (Wildman–Crippen LogP) is 4.88. The van der Waals surface area contributed by atoms with Crippen LogP contribution in [-0.2, 0) is 5.41 Å². The Balaban J connectivity index is 2.18. The van der Waals surface area contributed by atoms with Gasteiger partial charge in [0.15, 0.2) is 0 Å². The van der Waals surface area contributed by atoms with Crippen molar-refractivity contribution in [2.24, 2.45) is 11.5 Å². The van der Waals surface area contributed by atoms with Crippen LogP contribution >= 0.6 is 0 Å². The highest BCUT2D eigenvalue weighted by Crippen LogP contribution is 2.43. The fourth-order valence-corrected chi connectivity index (χ4v) is 4.45. The first-order valence-corrected chi connectivity index (χ1v) is 11.0. The summed E-state index contributed by atoms with van der Waals surface area (Å²) in [5.41, 5.74) is 15.8. The molecule has 0 aromatic heterocycles. The van der Waals surface area contributed by atoms with Crippen LogP contribution in [0.1, 0.15) is 42.4 Å². The van der Waals surface area contributed by atoms with Crippen LogP contribution in [0.2, 0.25) is 0 Å². The number of hydrogen-bond donors (Lipinski definition) is 2. The van der Waals surface area contributed by atoms with Crippen molar-refractivity contribution >= 4 is 0 Å². The smallest absolute Gasteiger partial charge is 0.118 e. The van der Waals surface area contributed by atoms with Gasteiger partial charge in [-0.3, -0.25) is 0 Å². The molecule has 3 aromatic carbocycles. The Hall–Kier alpha value is -2.82.